The fourth-order valence-corrected chi connectivity index (χ4v) is 2.00. The van der Waals surface area contributed by atoms with E-state index in [4.69, 9.17) is 10.5 Å². The quantitative estimate of drug-likeness (QED) is 0.768. The first-order chi connectivity index (χ1) is 9.52. The van der Waals surface area contributed by atoms with E-state index in [0.717, 1.165) is 5.56 Å². The van der Waals surface area contributed by atoms with E-state index in [1.807, 2.05) is 0 Å². The molecule has 0 bridgehead atoms. The number of carbonyl (C=O) groups excluding carboxylic acids is 2. The second kappa shape index (κ2) is 5.75. The molecule has 0 saturated carbocycles. The van der Waals surface area contributed by atoms with Gasteiger partial charge in [0.25, 0.3) is 0 Å². The number of likely N-dealkylation sites (N-methyl/N-ethyl adjacent to an activating group) is 2. The zero-order valence-electron chi connectivity index (χ0n) is 11.4. The van der Waals surface area contributed by atoms with E-state index in [2.05, 4.69) is 5.32 Å². The van der Waals surface area contributed by atoms with Crippen LogP contribution in [0.1, 0.15) is 5.56 Å². The van der Waals surface area contributed by atoms with Gasteiger partial charge in [-0.1, -0.05) is 6.07 Å². The van der Waals surface area contributed by atoms with Gasteiger partial charge in [-0.05, 0) is 30.8 Å². The van der Waals surface area contributed by atoms with E-state index < -0.39 is 5.91 Å². The highest BCUT2D eigenvalue weighted by Gasteiger charge is 2.27. The molecule has 6 nitrogen and oxygen atoms in total. The molecule has 0 fully saturated rings. The monoisotopic (exact) mass is 275 g/mol. The molecule has 0 aromatic heterocycles. The van der Waals surface area contributed by atoms with E-state index in [9.17, 15) is 9.59 Å². The van der Waals surface area contributed by atoms with Gasteiger partial charge in [-0.2, -0.15) is 0 Å². The lowest BCUT2D eigenvalue weighted by Gasteiger charge is -2.19. The summed E-state index contributed by atoms with van der Waals surface area (Å²) in [6.45, 7) is 0.281. The summed E-state index contributed by atoms with van der Waals surface area (Å²) in [7, 11) is 3.42. The number of benzene rings is 1. The largest absolute Gasteiger partial charge is 0.489 e. The summed E-state index contributed by atoms with van der Waals surface area (Å²) in [6, 6.07) is 4.98. The van der Waals surface area contributed by atoms with Crippen molar-refractivity contribution < 1.29 is 14.3 Å². The van der Waals surface area contributed by atoms with Crippen molar-refractivity contribution >= 4 is 23.6 Å². The summed E-state index contributed by atoms with van der Waals surface area (Å²) in [5, 5.41) is 2.92. The van der Waals surface area contributed by atoms with Gasteiger partial charge in [0.1, 0.15) is 18.4 Å². The molecule has 6 heteroatoms. The number of hydrogen-bond acceptors (Lipinski definition) is 4. The van der Waals surface area contributed by atoms with Gasteiger partial charge in [-0.25, -0.2) is 0 Å². The van der Waals surface area contributed by atoms with Crippen molar-refractivity contribution in [3.05, 3.63) is 29.8 Å². The summed E-state index contributed by atoms with van der Waals surface area (Å²) in [5.74, 6) is 0.0491. The molecular weight excluding hydrogens is 258 g/mol. The lowest BCUT2D eigenvalue weighted by atomic mass is 10.1. The Hall–Kier alpha value is -2.34. The Morgan fingerprint density at radius 3 is 2.95 bits per heavy atom. The summed E-state index contributed by atoms with van der Waals surface area (Å²) in [6.07, 6.45) is 2.87. The molecule has 1 atom stereocenters. The first-order valence-electron chi connectivity index (χ1n) is 6.22. The van der Waals surface area contributed by atoms with Gasteiger partial charge in [0, 0.05) is 13.1 Å². The summed E-state index contributed by atoms with van der Waals surface area (Å²) in [4.78, 5) is 24.5. The molecule has 1 aliphatic rings. The Labute approximate surface area is 117 Å². The first kappa shape index (κ1) is 14.1. The second-order valence-electron chi connectivity index (χ2n) is 4.51. The van der Waals surface area contributed by atoms with Crippen LogP contribution in [-0.2, 0) is 9.59 Å². The van der Waals surface area contributed by atoms with Crippen molar-refractivity contribution in [3.63, 3.8) is 0 Å². The van der Waals surface area contributed by atoms with Gasteiger partial charge in [0.2, 0.25) is 11.8 Å². The third kappa shape index (κ3) is 2.80. The van der Waals surface area contributed by atoms with Crippen LogP contribution < -0.4 is 20.7 Å². The molecule has 0 aliphatic carbocycles. The van der Waals surface area contributed by atoms with Crippen molar-refractivity contribution in [2.75, 3.05) is 25.6 Å². The van der Waals surface area contributed by atoms with Crippen molar-refractivity contribution in [1.82, 2.24) is 5.32 Å². The summed E-state index contributed by atoms with van der Waals surface area (Å²) < 4.78 is 5.63. The lowest BCUT2D eigenvalue weighted by molar-refractivity contribution is -0.120. The zero-order chi connectivity index (χ0) is 14.7. The average Bonchev–Trinajstić information content (AvgIpc) is 2.55. The van der Waals surface area contributed by atoms with E-state index in [1.54, 1.807) is 43.3 Å². The van der Waals surface area contributed by atoms with Crippen LogP contribution in [0.3, 0.4) is 0 Å². The second-order valence-corrected chi connectivity index (χ2v) is 4.51. The Bertz CT molecular complexity index is 569. The average molecular weight is 275 g/mol. The number of amides is 2. The Kier molecular flexibility index (Phi) is 4.05. The molecule has 0 radical (unpaired) electrons. The highest BCUT2D eigenvalue weighted by atomic mass is 16.5. The predicted octanol–water partition coefficient (Wildman–Crippen LogP) is 0.128. The Morgan fingerprint density at radius 1 is 1.55 bits per heavy atom. The molecule has 1 aliphatic heterocycles. The van der Waals surface area contributed by atoms with E-state index >= 15 is 0 Å². The number of anilines is 1. The minimum atomic E-state index is -0.518. The van der Waals surface area contributed by atoms with Crippen molar-refractivity contribution in [1.29, 1.82) is 0 Å². The standard InChI is InChI=1S/C14H17N3O3/c1-16-10-8-20-12-5-3-9(4-6-13(15)18)7-11(12)17(2)14(10)19/h3-7,10,16H,8H2,1-2H3,(H2,15,18)/b6-4+/t10-/m0/s1. The van der Waals surface area contributed by atoms with Crippen LogP contribution in [0.4, 0.5) is 5.69 Å². The van der Waals surface area contributed by atoms with Crippen molar-refractivity contribution in [2.45, 2.75) is 6.04 Å². The molecule has 1 aromatic carbocycles. The minimum absolute atomic E-state index is 0.0673. The number of hydrogen-bond donors (Lipinski definition) is 2. The highest BCUT2D eigenvalue weighted by molar-refractivity contribution is 5.99. The molecule has 0 spiro atoms. The number of carbonyl (C=O) groups is 2. The van der Waals surface area contributed by atoms with Crippen LogP contribution in [0.2, 0.25) is 0 Å². The molecule has 106 valence electrons. The van der Waals surface area contributed by atoms with Gasteiger partial charge in [0.05, 0.1) is 5.69 Å². The van der Waals surface area contributed by atoms with Crippen LogP contribution in [0.15, 0.2) is 24.3 Å². The normalized spacial score (nSPS) is 18.6. The highest BCUT2D eigenvalue weighted by Crippen LogP contribution is 2.31. The van der Waals surface area contributed by atoms with E-state index in [1.165, 1.54) is 6.08 Å². The number of nitrogens with zero attached hydrogens (tertiary/aromatic N) is 1. The third-order valence-corrected chi connectivity index (χ3v) is 3.17. The maximum atomic E-state index is 12.2. The molecule has 3 N–H and O–H groups in total. The molecule has 2 rings (SSSR count). The molecule has 0 unspecified atom stereocenters. The SMILES string of the molecule is CN[C@H]1COc2ccc(/C=C/C(N)=O)cc2N(C)C1=O. The number of primary amides is 1. The fourth-order valence-electron chi connectivity index (χ4n) is 2.00. The van der Waals surface area contributed by atoms with Crippen LogP contribution in [0.25, 0.3) is 6.08 Å². The van der Waals surface area contributed by atoms with Gasteiger partial charge < -0.3 is 20.7 Å². The van der Waals surface area contributed by atoms with Gasteiger partial charge in [-0.15, -0.1) is 0 Å². The Morgan fingerprint density at radius 2 is 2.30 bits per heavy atom. The molecule has 0 saturated heterocycles. The van der Waals surface area contributed by atoms with Crippen molar-refractivity contribution in [3.8, 4) is 5.75 Å². The number of fused-ring (bicyclic) bond motifs is 1. The van der Waals surface area contributed by atoms with Gasteiger partial charge >= 0.3 is 0 Å². The fraction of sp³-hybridized carbons (Fsp3) is 0.286. The Balaban J connectivity index is 2.36. The molecule has 2 amide bonds. The summed E-state index contributed by atoms with van der Waals surface area (Å²) >= 11 is 0. The van der Waals surface area contributed by atoms with Crippen LogP contribution in [0, 0.1) is 0 Å². The van der Waals surface area contributed by atoms with Gasteiger partial charge in [-0.3, -0.25) is 9.59 Å². The third-order valence-electron chi connectivity index (χ3n) is 3.17. The molecule has 20 heavy (non-hydrogen) atoms. The van der Waals surface area contributed by atoms with Gasteiger partial charge in [0.15, 0.2) is 0 Å². The zero-order valence-corrected chi connectivity index (χ0v) is 11.4. The van der Waals surface area contributed by atoms with Crippen LogP contribution in [0.5, 0.6) is 5.75 Å². The topological polar surface area (TPSA) is 84.7 Å². The van der Waals surface area contributed by atoms with Crippen molar-refractivity contribution in [2.24, 2.45) is 5.73 Å². The summed E-state index contributed by atoms with van der Waals surface area (Å²) in [5.41, 5.74) is 6.50. The number of nitrogens with two attached hydrogens (primary N) is 1. The minimum Gasteiger partial charge on any atom is -0.489 e. The molecule has 1 aromatic rings. The smallest absolute Gasteiger partial charge is 0.247 e. The maximum Gasteiger partial charge on any atom is 0.247 e. The van der Waals surface area contributed by atoms with Crippen LogP contribution in [-0.4, -0.2) is 38.6 Å². The van der Waals surface area contributed by atoms with E-state index in [-0.39, 0.29) is 18.6 Å². The van der Waals surface area contributed by atoms with E-state index in [0.29, 0.717) is 11.4 Å². The molecular formula is C14H17N3O3. The first-order valence-corrected chi connectivity index (χ1v) is 6.22. The number of nitrogens with one attached hydrogen (secondary N) is 1. The number of ether oxygens (including phenoxy) is 1. The predicted molar refractivity (Wildman–Crippen MR) is 76.4 cm³/mol. The maximum absolute atomic E-state index is 12.2. The lowest BCUT2D eigenvalue weighted by Crippen LogP contribution is -2.45. The van der Waals surface area contributed by atoms with Crippen LogP contribution >= 0.6 is 0 Å². The number of rotatable bonds is 3. The molecule has 1 heterocycles.